The zero-order valence-electron chi connectivity index (χ0n) is 23.8. The number of aldehydes is 1. The number of anilines is 3. The first-order chi connectivity index (χ1) is 20.9. The van der Waals surface area contributed by atoms with E-state index in [1.54, 1.807) is 54.1 Å². The normalized spacial score (nSPS) is 12.8. The van der Waals surface area contributed by atoms with Crippen LogP contribution in [0, 0.1) is 5.92 Å². The number of carbonyl (C=O) groups excluding carboxylic acids is 2. The molecule has 4 aromatic rings. The van der Waals surface area contributed by atoms with Gasteiger partial charge in [-0.05, 0) is 60.9 Å². The maximum absolute atomic E-state index is 13.0. The van der Waals surface area contributed by atoms with Crippen molar-refractivity contribution < 1.29 is 23.8 Å². The fourth-order valence-corrected chi connectivity index (χ4v) is 4.24. The number of ether oxygens (including phenoxy) is 3. The highest BCUT2D eigenvalue weighted by Gasteiger charge is 2.13. The van der Waals surface area contributed by atoms with Crippen molar-refractivity contribution in [3.8, 4) is 11.5 Å². The lowest BCUT2D eigenvalue weighted by atomic mass is 10.0. The van der Waals surface area contributed by atoms with E-state index in [0.717, 1.165) is 37.9 Å². The van der Waals surface area contributed by atoms with Crippen LogP contribution in [0.3, 0.4) is 0 Å². The van der Waals surface area contributed by atoms with Crippen molar-refractivity contribution in [1.29, 1.82) is 0 Å². The molecule has 0 bridgehead atoms. The van der Waals surface area contributed by atoms with E-state index < -0.39 is 5.97 Å². The van der Waals surface area contributed by atoms with Crippen molar-refractivity contribution in [3.05, 3.63) is 99.7 Å². The molecule has 11 nitrogen and oxygen atoms in total. The molecule has 0 unspecified atom stereocenters. The summed E-state index contributed by atoms with van der Waals surface area (Å²) in [6.45, 7) is 1.85. The number of aromatic nitrogens is 3. The molecule has 0 amide bonds. The van der Waals surface area contributed by atoms with Crippen LogP contribution in [-0.2, 0) is 20.8 Å². The van der Waals surface area contributed by atoms with Crippen molar-refractivity contribution >= 4 is 41.2 Å². The minimum absolute atomic E-state index is 0.210. The Labute approximate surface area is 253 Å². The molecule has 0 radical (unpaired) electrons. The van der Waals surface area contributed by atoms with Crippen molar-refractivity contribution in [1.82, 2.24) is 14.5 Å². The first-order valence-corrected chi connectivity index (χ1v) is 13.9. The zero-order valence-corrected chi connectivity index (χ0v) is 24.5. The first-order valence-electron chi connectivity index (χ1n) is 13.5. The second-order valence-corrected chi connectivity index (χ2v) is 9.94. The second-order valence-electron chi connectivity index (χ2n) is 9.50. The maximum Gasteiger partial charge on any atom is 0.339 e. The molecule has 2 N–H and O–H groups in total. The average Bonchev–Trinajstić information content (AvgIpc) is 3.05. The molecule has 12 heteroatoms. The predicted molar refractivity (Wildman–Crippen MR) is 164 cm³/mol. The van der Waals surface area contributed by atoms with E-state index in [0.29, 0.717) is 40.4 Å². The van der Waals surface area contributed by atoms with Crippen molar-refractivity contribution in [3.63, 3.8) is 0 Å². The quantitative estimate of drug-likeness (QED) is 0.191. The van der Waals surface area contributed by atoms with Gasteiger partial charge in [0, 0.05) is 43.1 Å². The molecule has 224 valence electrons. The van der Waals surface area contributed by atoms with Gasteiger partial charge in [0.05, 0.1) is 31.6 Å². The van der Waals surface area contributed by atoms with E-state index in [1.807, 2.05) is 12.1 Å². The number of carbonyl (C=O) groups is 2. The van der Waals surface area contributed by atoms with Crippen LogP contribution in [0.2, 0.25) is 5.02 Å². The number of nitrogens with zero attached hydrogens (tertiary/aromatic N) is 3. The third-order valence-electron chi connectivity index (χ3n) is 6.51. The average molecular weight is 606 g/mol. The Balaban J connectivity index is 0.000000458. The van der Waals surface area contributed by atoms with Gasteiger partial charge in [0.15, 0.2) is 0 Å². The van der Waals surface area contributed by atoms with E-state index in [-0.39, 0.29) is 17.0 Å². The van der Waals surface area contributed by atoms with Gasteiger partial charge in [-0.25, -0.2) is 9.78 Å². The largest absolute Gasteiger partial charge is 0.465 e. The third-order valence-corrected chi connectivity index (χ3v) is 6.76. The summed E-state index contributed by atoms with van der Waals surface area (Å²) in [5, 5.41) is 6.68. The molecule has 43 heavy (non-hydrogen) atoms. The number of nitrogens with one attached hydrogen (secondary N) is 2. The van der Waals surface area contributed by atoms with Gasteiger partial charge >= 0.3 is 5.97 Å². The minimum atomic E-state index is -0.496. The Morgan fingerprint density at radius 3 is 2.42 bits per heavy atom. The molecule has 2 aromatic carbocycles. The molecule has 1 aliphatic rings. The van der Waals surface area contributed by atoms with Crippen LogP contribution in [0.1, 0.15) is 28.8 Å². The molecule has 0 aliphatic carbocycles. The minimum Gasteiger partial charge on any atom is -0.465 e. The molecule has 0 saturated carbocycles. The Morgan fingerprint density at radius 2 is 1.79 bits per heavy atom. The molecule has 1 fully saturated rings. The van der Waals surface area contributed by atoms with Gasteiger partial charge in [0.2, 0.25) is 5.95 Å². The molecule has 3 heterocycles. The first kappa shape index (κ1) is 31.2. The molecule has 0 atom stereocenters. The van der Waals surface area contributed by atoms with Crippen LogP contribution in [-0.4, -0.2) is 54.2 Å². The van der Waals surface area contributed by atoms with Crippen LogP contribution < -0.4 is 20.9 Å². The monoisotopic (exact) mass is 605 g/mol. The highest BCUT2D eigenvalue weighted by molar-refractivity contribution is 6.30. The van der Waals surface area contributed by atoms with E-state index in [2.05, 4.69) is 20.6 Å². The molecule has 2 aromatic heterocycles. The van der Waals surface area contributed by atoms with Gasteiger partial charge in [-0.1, -0.05) is 23.7 Å². The highest BCUT2D eigenvalue weighted by Crippen LogP contribution is 2.25. The topological polar surface area (TPSA) is 134 Å². The lowest BCUT2D eigenvalue weighted by Gasteiger charge is -2.15. The summed E-state index contributed by atoms with van der Waals surface area (Å²) in [5.74, 6) is 1.10. The van der Waals surface area contributed by atoms with Gasteiger partial charge in [0.25, 0.3) is 5.56 Å². The van der Waals surface area contributed by atoms with Gasteiger partial charge in [-0.2, -0.15) is 0 Å². The lowest BCUT2D eigenvalue weighted by Crippen LogP contribution is -2.26. The van der Waals surface area contributed by atoms with E-state index in [9.17, 15) is 14.4 Å². The number of esters is 1. The number of hydrogen-bond donors (Lipinski definition) is 2. The zero-order chi connectivity index (χ0) is 30.6. The fourth-order valence-electron chi connectivity index (χ4n) is 4.11. The second kappa shape index (κ2) is 15.5. The lowest BCUT2D eigenvalue weighted by molar-refractivity contribution is -0.113. The number of halogens is 1. The summed E-state index contributed by atoms with van der Waals surface area (Å²) in [5.41, 5.74) is 2.07. The van der Waals surface area contributed by atoms with E-state index >= 15 is 0 Å². The number of hydrogen-bond acceptors (Lipinski definition) is 10. The SMILES string of the molecule is CNc1cnc(Nc2ccc(Oc3cncc(C(=O)OC)c3)cc2)n(Cc2ccc(Cl)cc2)c1=O.O=CC1CCOCC1. The van der Waals surface area contributed by atoms with Crippen LogP contribution in [0.5, 0.6) is 11.5 Å². The Morgan fingerprint density at radius 1 is 1.07 bits per heavy atom. The third kappa shape index (κ3) is 8.87. The van der Waals surface area contributed by atoms with Gasteiger partial charge < -0.3 is 29.6 Å². The smallest absolute Gasteiger partial charge is 0.339 e. The van der Waals surface area contributed by atoms with Crippen molar-refractivity contribution in [2.24, 2.45) is 5.92 Å². The molecule has 5 rings (SSSR count). The van der Waals surface area contributed by atoms with Crippen LogP contribution in [0.25, 0.3) is 0 Å². The van der Waals surface area contributed by atoms with Crippen LogP contribution in [0.15, 0.2) is 78.0 Å². The predicted octanol–water partition coefficient (Wildman–Crippen LogP) is 5.32. The van der Waals surface area contributed by atoms with Crippen molar-refractivity contribution in [2.75, 3.05) is 38.0 Å². The number of rotatable bonds is 9. The number of pyridine rings is 1. The van der Waals surface area contributed by atoms with E-state index in [1.165, 1.54) is 25.7 Å². The summed E-state index contributed by atoms with van der Waals surface area (Å²) in [7, 11) is 2.98. The highest BCUT2D eigenvalue weighted by atomic mass is 35.5. The van der Waals surface area contributed by atoms with E-state index in [4.69, 9.17) is 25.8 Å². The standard InChI is InChI=1S/C25H22ClN5O4.C6H10O2/c1-27-22-14-29-25(31(23(22)32)15-16-3-5-18(26)6-4-16)30-19-7-9-20(10-8-19)35-21-11-17(12-28-13-21)24(33)34-2;7-5-6-1-3-8-4-2-6/h3-14,27H,15H2,1-2H3,(H,29,30);5-6H,1-4H2. The van der Waals surface area contributed by atoms with Crippen LogP contribution >= 0.6 is 11.6 Å². The summed E-state index contributed by atoms with van der Waals surface area (Å²) in [6, 6.07) is 15.9. The maximum atomic E-state index is 13.0. The Hall–Kier alpha value is -4.74. The molecular formula is C31H32ClN5O6. The van der Waals surface area contributed by atoms with Gasteiger partial charge in [-0.3, -0.25) is 14.3 Å². The number of methoxy groups -OCH3 is 1. The van der Waals surface area contributed by atoms with Crippen molar-refractivity contribution in [2.45, 2.75) is 19.4 Å². The summed E-state index contributed by atoms with van der Waals surface area (Å²) in [4.78, 5) is 43.2. The summed E-state index contributed by atoms with van der Waals surface area (Å²) >= 11 is 5.99. The number of benzene rings is 2. The van der Waals surface area contributed by atoms with Gasteiger partial charge in [-0.15, -0.1) is 0 Å². The molecule has 1 saturated heterocycles. The summed E-state index contributed by atoms with van der Waals surface area (Å²) < 4.78 is 17.1. The van der Waals surface area contributed by atoms with Crippen LogP contribution in [0.4, 0.5) is 17.3 Å². The molecule has 0 spiro atoms. The molecular weight excluding hydrogens is 574 g/mol. The Bertz CT molecular complexity index is 1570. The summed E-state index contributed by atoms with van der Waals surface area (Å²) in [6.07, 6.45) is 7.26. The molecule has 1 aliphatic heterocycles. The Kier molecular flexibility index (Phi) is 11.2. The fraction of sp³-hybridized carbons (Fsp3) is 0.258. The van der Waals surface area contributed by atoms with Gasteiger partial charge in [0.1, 0.15) is 23.5 Å².